The molecule has 2 N–H and O–H groups in total. The number of H-pyrrole nitrogens is 1. The van der Waals surface area contributed by atoms with Gasteiger partial charge in [0, 0.05) is 29.4 Å². The van der Waals surface area contributed by atoms with Gasteiger partial charge in [-0.25, -0.2) is 0 Å². The van der Waals surface area contributed by atoms with E-state index in [1.165, 1.54) is 0 Å². The molecule has 0 aliphatic carbocycles. The molecule has 4 aromatic rings. The lowest BCUT2D eigenvalue weighted by Crippen LogP contribution is -2.31. The number of hydrogen-bond acceptors (Lipinski definition) is 4. The number of anilines is 1. The molecule has 6 heteroatoms. The number of para-hydroxylation sites is 1. The number of carbonyl (C=O) groups excluding carboxylic acids is 1. The Labute approximate surface area is 193 Å². The van der Waals surface area contributed by atoms with Gasteiger partial charge >= 0.3 is 0 Å². The van der Waals surface area contributed by atoms with Crippen LogP contribution in [0, 0.1) is 0 Å². The van der Waals surface area contributed by atoms with E-state index in [4.69, 9.17) is 9.47 Å². The number of aryl methyl sites for hydroxylation is 1. The Balaban J connectivity index is 1.73. The fourth-order valence-electron chi connectivity index (χ4n) is 4.12. The van der Waals surface area contributed by atoms with Crippen molar-refractivity contribution in [1.29, 1.82) is 0 Å². The monoisotopic (exact) mass is 444 g/mol. The first-order valence-corrected chi connectivity index (χ1v) is 11.0. The van der Waals surface area contributed by atoms with Crippen LogP contribution in [0.3, 0.4) is 0 Å². The van der Waals surface area contributed by atoms with Crippen molar-refractivity contribution in [2.24, 2.45) is 0 Å². The SMILES string of the molecule is CCN(C(=O)CCc1ccc(O)cc1)c1c(-c2ccc(OC)c(OC)c2)[nH]c2ccccc12. The van der Waals surface area contributed by atoms with Gasteiger partial charge in [0.15, 0.2) is 11.5 Å². The molecular formula is C27H28N2O4. The second-order valence-corrected chi connectivity index (χ2v) is 7.77. The van der Waals surface area contributed by atoms with Crippen LogP contribution in [0.25, 0.3) is 22.2 Å². The largest absolute Gasteiger partial charge is 0.508 e. The molecule has 33 heavy (non-hydrogen) atoms. The first kappa shape index (κ1) is 22.3. The van der Waals surface area contributed by atoms with Gasteiger partial charge in [-0.3, -0.25) is 4.79 Å². The number of rotatable bonds is 8. The maximum absolute atomic E-state index is 13.4. The maximum atomic E-state index is 13.4. The molecule has 1 amide bonds. The van der Waals surface area contributed by atoms with Crippen LogP contribution in [0.2, 0.25) is 0 Å². The summed E-state index contributed by atoms with van der Waals surface area (Å²) in [5.74, 6) is 1.54. The van der Waals surface area contributed by atoms with Crippen molar-refractivity contribution in [2.75, 3.05) is 25.7 Å². The minimum Gasteiger partial charge on any atom is -0.508 e. The lowest BCUT2D eigenvalue weighted by atomic mass is 10.1. The van der Waals surface area contributed by atoms with Crippen LogP contribution in [0.15, 0.2) is 66.7 Å². The molecule has 6 nitrogen and oxygen atoms in total. The Bertz CT molecular complexity index is 1260. The van der Waals surface area contributed by atoms with Crippen LogP contribution in [0.4, 0.5) is 5.69 Å². The normalized spacial score (nSPS) is 10.9. The number of ether oxygens (including phenoxy) is 2. The van der Waals surface area contributed by atoms with Crippen LogP contribution in [-0.4, -0.2) is 36.8 Å². The number of fused-ring (bicyclic) bond motifs is 1. The molecule has 3 aromatic carbocycles. The minimum absolute atomic E-state index is 0.0389. The summed E-state index contributed by atoms with van der Waals surface area (Å²) in [6.45, 7) is 2.52. The van der Waals surface area contributed by atoms with Gasteiger partial charge in [0.05, 0.1) is 25.6 Å². The number of aromatic amines is 1. The number of methoxy groups -OCH3 is 2. The Morgan fingerprint density at radius 1 is 0.970 bits per heavy atom. The van der Waals surface area contributed by atoms with Gasteiger partial charge in [0.2, 0.25) is 5.91 Å². The molecule has 1 heterocycles. The summed E-state index contributed by atoms with van der Waals surface area (Å²) in [6, 6.07) is 20.7. The molecule has 0 aliphatic heterocycles. The van der Waals surface area contributed by atoms with Gasteiger partial charge in [0.1, 0.15) is 5.75 Å². The summed E-state index contributed by atoms with van der Waals surface area (Å²) >= 11 is 0. The number of hydrogen-bond donors (Lipinski definition) is 2. The van der Waals surface area contributed by atoms with E-state index >= 15 is 0 Å². The maximum Gasteiger partial charge on any atom is 0.227 e. The number of phenols is 1. The summed E-state index contributed by atoms with van der Waals surface area (Å²) in [6.07, 6.45) is 0.965. The van der Waals surface area contributed by atoms with Crippen molar-refractivity contribution in [1.82, 2.24) is 4.98 Å². The zero-order chi connectivity index (χ0) is 23.4. The van der Waals surface area contributed by atoms with Crippen molar-refractivity contribution < 1.29 is 19.4 Å². The van der Waals surface area contributed by atoms with Crippen molar-refractivity contribution in [3.8, 4) is 28.5 Å². The molecule has 0 unspecified atom stereocenters. The first-order chi connectivity index (χ1) is 16.0. The smallest absolute Gasteiger partial charge is 0.227 e. The van der Waals surface area contributed by atoms with E-state index in [1.807, 2.05) is 66.4 Å². The highest BCUT2D eigenvalue weighted by molar-refractivity contribution is 6.09. The van der Waals surface area contributed by atoms with E-state index in [9.17, 15) is 9.90 Å². The fraction of sp³-hybridized carbons (Fsp3) is 0.222. The van der Waals surface area contributed by atoms with Crippen LogP contribution in [0.5, 0.6) is 17.2 Å². The fourth-order valence-corrected chi connectivity index (χ4v) is 4.12. The molecule has 0 atom stereocenters. The summed E-state index contributed by atoms with van der Waals surface area (Å²) < 4.78 is 10.9. The first-order valence-electron chi connectivity index (χ1n) is 11.0. The lowest BCUT2D eigenvalue weighted by Gasteiger charge is -2.23. The molecule has 0 spiro atoms. The quantitative estimate of drug-likeness (QED) is 0.374. The molecule has 0 aliphatic rings. The average Bonchev–Trinajstić information content (AvgIpc) is 3.23. The number of aromatic nitrogens is 1. The highest BCUT2D eigenvalue weighted by atomic mass is 16.5. The minimum atomic E-state index is 0.0389. The molecule has 0 radical (unpaired) electrons. The highest BCUT2D eigenvalue weighted by Gasteiger charge is 2.23. The molecule has 0 saturated carbocycles. The van der Waals surface area contributed by atoms with Gasteiger partial charge in [-0.05, 0) is 55.3 Å². The number of nitrogens with zero attached hydrogens (tertiary/aromatic N) is 1. The number of carbonyl (C=O) groups is 1. The molecule has 0 fully saturated rings. The standard InChI is InChI=1S/C27H28N2O4/c1-4-29(25(31)16-11-18-9-13-20(30)14-10-18)27-21-7-5-6-8-22(21)28-26(27)19-12-15-23(32-2)24(17-19)33-3/h5-10,12-15,17,28,30H,4,11,16H2,1-3H3. The third-order valence-electron chi connectivity index (χ3n) is 5.80. The average molecular weight is 445 g/mol. The van der Waals surface area contributed by atoms with E-state index in [1.54, 1.807) is 26.4 Å². The number of benzene rings is 3. The summed E-state index contributed by atoms with van der Waals surface area (Å²) in [4.78, 5) is 18.7. The Morgan fingerprint density at radius 3 is 2.39 bits per heavy atom. The van der Waals surface area contributed by atoms with Crippen molar-refractivity contribution in [2.45, 2.75) is 19.8 Å². The number of phenolic OH excluding ortho intramolecular Hbond substituents is 1. The van der Waals surface area contributed by atoms with E-state index in [2.05, 4.69) is 4.98 Å². The second-order valence-electron chi connectivity index (χ2n) is 7.77. The summed E-state index contributed by atoms with van der Waals surface area (Å²) in [5.41, 5.74) is 4.59. The summed E-state index contributed by atoms with van der Waals surface area (Å²) in [5, 5.41) is 10.5. The third kappa shape index (κ3) is 4.51. The van der Waals surface area contributed by atoms with Gasteiger partial charge in [-0.2, -0.15) is 0 Å². The Morgan fingerprint density at radius 2 is 1.70 bits per heavy atom. The Hall–Kier alpha value is -3.93. The van der Waals surface area contributed by atoms with Crippen molar-refractivity contribution in [3.05, 3.63) is 72.3 Å². The van der Waals surface area contributed by atoms with E-state index < -0.39 is 0 Å². The zero-order valence-corrected chi connectivity index (χ0v) is 19.1. The van der Waals surface area contributed by atoms with Crippen molar-refractivity contribution >= 4 is 22.5 Å². The predicted octanol–water partition coefficient (Wildman–Crippen LogP) is 5.54. The van der Waals surface area contributed by atoms with Crippen LogP contribution >= 0.6 is 0 Å². The summed E-state index contributed by atoms with van der Waals surface area (Å²) in [7, 11) is 3.22. The molecular weight excluding hydrogens is 416 g/mol. The second kappa shape index (κ2) is 9.69. The molecule has 170 valence electrons. The van der Waals surface area contributed by atoms with E-state index in [-0.39, 0.29) is 11.7 Å². The van der Waals surface area contributed by atoms with Crippen LogP contribution in [0.1, 0.15) is 18.9 Å². The number of amides is 1. The molecule has 0 bridgehead atoms. The highest BCUT2D eigenvalue weighted by Crippen LogP contribution is 2.41. The van der Waals surface area contributed by atoms with Crippen molar-refractivity contribution in [3.63, 3.8) is 0 Å². The van der Waals surface area contributed by atoms with Gasteiger partial charge in [-0.1, -0.05) is 30.3 Å². The van der Waals surface area contributed by atoms with E-state index in [0.717, 1.165) is 33.4 Å². The van der Waals surface area contributed by atoms with Gasteiger partial charge < -0.3 is 24.5 Å². The zero-order valence-electron chi connectivity index (χ0n) is 19.1. The molecule has 0 saturated heterocycles. The predicted molar refractivity (Wildman–Crippen MR) is 131 cm³/mol. The topological polar surface area (TPSA) is 74.8 Å². The van der Waals surface area contributed by atoms with Crippen LogP contribution < -0.4 is 14.4 Å². The van der Waals surface area contributed by atoms with E-state index in [0.29, 0.717) is 30.9 Å². The van der Waals surface area contributed by atoms with Gasteiger partial charge in [-0.15, -0.1) is 0 Å². The number of aromatic hydroxyl groups is 1. The number of nitrogens with one attached hydrogen (secondary N) is 1. The molecule has 4 rings (SSSR count). The van der Waals surface area contributed by atoms with Gasteiger partial charge in [0.25, 0.3) is 0 Å². The third-order valence-corrected chi connectivity index (χ3v) is 5.80. The Kier molecular flexibility index (Phi) is 6.54. The lowest BCUT2D eigenvalue weighted by molar-refractivity contribution is -0.118. The molecule has 1 aromatic heterocycles. The van der Waals surface area contributed by atoms with Crippen LogP contribution in [-0.2, 0) is 11.2 Å².